The molecule has 0 aromatic heterocycles. The molecule has 0 spiro atoms. The lowest BCUT2D eigenvalue weighted by Crippen LogP contribution is -2.48. The zero-order chi connectivity index (χ0) is 14.9. The molecule has 2 N–H and O–H groups in total. The van der Waals surface area contributed by atoms with Gasteiger partial charge in [-0.15, -0.1) is 0 Å². The lowest BCUT2D eigenvalue weighted by atomic mass is 10.1. The van der Waals surface area contributed by atoms with E-state index in [2.05, 4.69) is 0 Å². The predicted molar refractivity (Wildman–Crippen MR) is 83.2 cm³/mol. The summed E-state index contributed by atoms with van der Waals surface area (Å²) in [4.78, 5) is 0. The summed E-state index contributed by atoms with van der Waals surface area (Å²) < 4.78 is 28.2. The van der Waals surface area contributed by atoms with Crippen molar-refractivity contribution < 1.29 is 8.42 Å². The fourth-order valence-electron chi connectivity index (χ4n) is 2.49. The van der Waals surface area contributed by atoms with E-state index in [1.54, 1.807) is 18.2 Å². The Balaban J connectivity index is 2.35. The third-order valence-electron chi connectivity index (χ3n) is 3.72. The van der Waals surface area contributed by atoms with Crippen molar-refractivity contribution in [2.24, 2.45) is 0 Å². The minimum absolute atomic E-state index is 0.0107. The summed E-state index contributed by atoms with van der Waals surface area (Å²) in [6, 6.07) is 4.84. The molecule has 0 aliphatic carbocycles. The molecule has 112 valence electrons. The Morgan fingerprint density at radius 3 is 2.75 bits per heavy atom. The number of nitrogen functional groups attached to an aromatic ring is 1. The van der Waals surface area contributed by atoms with Crippen LogP contribution in [0.1, 0.15) is 26.2 Å². The molecule has 2 rings (SSSR count). The number of halogens is 1. The molecule has 0 radical (unpaired) electrons. The molecule has 1 atom stereocenters. The van der Waals surface area contributed by atoms with E-state index in [9.17, 15) is 8.42 Å². The Kier molecular flexibility index (Phi) is 4.46. The Morgan fingerprint density at radius 2 is 2.10 bits per heavy atom. The van der Waals surface area contributed by atoms with Crippen molar-refractivity contribution in [2.45, 2.75) is 32.2 Å². The van der Waals surface area contributed by atoms with Crippen molar-refractivity contribution >= 4 is 33.2 Å². The molecule has 5 nitrogen and oxygen atoms in total. The van der Waals surface area contributed by atoms with Gasteiger partial charge in [0.05, 0.1) is 11.4 Å². The second-order valence-electron chi connectivity index (χ2n) is 5.13. The van der Waals surface area contributed by atoms with Crippen LogP contribution >= 0.6 is 11.6 Å². The predicted octanol–water partition coefficient (Wildman–Crippen LogP) is 2.48. The van der Waals surface area contributed by atoms with Crippen molar-refractivity contribution in [1.82, 2.24) is 4.31 Å². The molecule has 1 heterocycles. The summed E-state index contributed by atoms with van der Waals surface area (Å²) in [6.07, 6.45) is 2.84. The van der Waals surface area contributed by atoms with Crippen LogP contribution in [0.5, 0.6) is 0 Å². The van der Waals surface area contributed by atoms with Crippen molar-refractivity contribution in [1.29, 1.82) is 0 Å². The number of nitrogens with zero attached hydrogens (tertiary/aromatic N) is 2. The van der Waals surface area contributed by atoms with Gasteiger partial charge in [0.1, 0.15) is 0 Å². The van der Waals surface area contributed by atoms with Crippen LogP contribution in [0, 0.1) is 0 Å². The molecule has 1 aromatic carbocycles. The molecule has 20 heavy (non-hydrogen) atoms. The van der Waals surface area contributed by atoms with Crippen LogP contribution in [0.25, 0.3) is 0 Å². The normalized spacial score (nSPS) is 20.9. The minimum Gasteiger partial charge on any atom is -0.397 e. The lowest BCUT2D eigenvalue weighted by molar-refractivity contribution is 0.268. The highest BCUT2D eigenvalue weighted by atomic mass is 35.5. The van der Waals surface area contributed by atoms with Gasteiger partial charge in [-0.1, -0.05) is 18.0 Å². The second kappa shape index (κ2) is 5.79. The molecule has 1 unspecified atom stereocenters. The van der Waals surface area contributed by atoms with E-state index in [1.807, 2.05) is 6.92 Å². The van der Waals surface area contributed by atoms with E-state index in [4.69, 9.17) is 17.3 Å². The molecule has 1 aliphatic rings. The molecule has 0 amide bonds. The molecule has 1 saturated heterocycles. The van der Waals surface area contributed by atoms with Gasteiger partial charge in [-0.05, 0) is 38.0 Å². The number of piperidine rings is 1. The van der Waals surface area contributed by atoms with Gasteiger partial charge in [0.25, 0.3) is 0 Å². The van der Waals surface area contributed by atoms with Gasteiger partial charge in [-0.25, -0.2) is 0 Å². The molecular formula is C13H20ClN3O2S. The number of rotatable bonds is 3. The Hall–Kier alpha value is -0.980. The largest absolute Gasteiger partial charge is 0.397 e. The highest BCUT2D eigenvalue weighted by Gasteiger charge is 2.33. The van der Waals surface area contributed by atoms with Crippen molar-refractivity contribution in [3.63, 3.8) is 0 Å². The van der Waals surface area contributed by atoms with E-state index >= 15 is 0 Å². The van der Waals surface area contributed by atoms with Gasteiger partial charge in [-0.2, -0.15) is 12.7 Å². The fraction of sp³-hybridized carbons (Fsp3) is 0.538. The molecular weight excluding hydrogens is 298 g/mol. The number of hydrogen-bond donors (Lipinski definition) is 1. The number of benzene rings is 1. The summed E-state index contributed by atoms with van der Waals surface area (Å²) in [6.45, 7) is 2.49. The van der Waals surface area contributed by atoms with Crippen LogP contribution in [-0.2, 0) is 10.2 Å². The molecule has 1 aliphatic heterocycles. The highest BCUT2D eigenvalue weighted by Crippen LogP contribution is 2.30. The zero-order valence-corrected chi connectivity index (χ0v) is 13.3. The maximum absolute atomic E-state index is 12.7. The number of nitrogens with two attached hydrogens (primary N) is 1. The second-order valence-corrected chi connectivity index (χ2v) is 7.48. The maximum atomic E-state index is 12.7. The van der Waals surface area contributed by atoms with Gasteiger partial charge < -0.3 is 5.73 Å². The molecule has 0 saturated carbocycles. The number of anilines is 2. The molecule has 1 aromatic rings. The van der Waals surface area contributed by atoms with Gasteiger partial charge in [0, 0.05) is 24.7 Å². The smallest absolute Gasteiger partial charge is 0.304 e. The van der Waals surface area contributed by atoms with Gasteiger partial charge in [0.2, 0.25) is 0 Å². The maximum Gasteiger partial charge on any atom is 0.304 e. The van der Waals surface area contributed by atoms with Crippen LogP contribution in [0.4, 0.5) is 11.4 Å². The van der Waals surface area contributed by atoms with Gasteiger partial charge in [-0.3, -0.25) is 4.31 Å². The van der Waals surface area contributed by atoms with Crippen LogP contribution in [0.3, 0.4) is 0 Å². The van der Waals surface area contributed by atoms with Gasteiger partial charge in [0.15, 0.2) is 0 Å². The third kappa shape index (κ3) is 2.87. The first-order valence-electron chi connectivity index (χ1n) is 6.65. The Labute approximate surface area is 125 Å². The van der Waals surface area contributed by atoms with Crippen LogP contribution in [-0.4, -0.2) is 32.4 Å². The molecule has 1 fully saturated rings. The van der Waals surface area contributed by atoms with Crippen LogP contribution < -0.4 is 10.0 Å². The minimum atomic E-state index is -3.58. The summed E-state index contributed by atoms with van der Waals surface area (Å²) in [7, 11) is -2.06. The van der Waals surface area contributed by atoms with E-state index < -0.39 is 10.2 Å². The van der Waals surface area contributed by atoms with Crippen molar-refractivity contribution in [2.75, 3.05) is 23.6 Å². The first-order valence-corrected chi connectivity index (χ1v) is 8.42. The fourth-order valence-corrected chi connectivity index (χ4v) is 4.29. The third-order valence-corrected chi connectivity index (χ3v) is 5.98. The molecule has 7 heteroatoms. The average molecular weight is 318 g/mol. The number of hydrogen-bond acceptors (Lipinski definition) is 3. The lowest BCUT2D eigenvalue weighted by Gasteiger charge is -2.36. The zero-order valence-electron chi connectivity index (χ0n) is 11.7. The first-order chi connectivity index (χ1) is 9.34. The van der Waals surface area contributed by atoms with E-state index in [-0.39, 0.29) is 6.04 Å². The first kappa shape index (κ1) is 15.4. The quantitative estimate of drug-likeness (QED) is 0.871. The van der Waals surface area contributed by atoms with Gasteiger partial charge >= 0.3 is 10.2 Å². The van der Waals surface area contributed by atoms with Crippen molar-refractivity contribution in [3.05, 3.63) is 23.2 Å². The average Bonchev–Trinajstić information content (AvgIpc) is 2.41. The van der Waals surface area contributed by atoms with Crippen molar-refractivity contribution in [3.8, 4) is 0 Å². The Bertz CT molecular complexity index is 591. The monoisotopic (exact) mass is 317 g/mol. The summed E-state index contributed by atoms with van der Waals surface area (Å²) in [5, 5.41) is 0.461. The summed E-state index contributed by atoms with van der Waals surface area (Å²) >= 11 is 5.93. The SMILES string of the molecule is CC1CCCCN1S(=O)(=O)N(C)c1cc(Cl)ccc1N. The van der Waals surface area contributed by atoms with E-state index in [1.165, 1.54) is 15.7 Å². The van der Waals surface area contributed by atoms with Crippen LogP contribution in [0.15, 0.2) is 18.2 Å². The Morgan fingerprint density at radius 1 is 1.40 bits per heavy atom. The van der Waals surface area contributed by atoms with E-state index in [0.29, 0.717) is 22.9 Å². The summed E-state index contributed by atoms with van der Waals surface area (Å²) in [5.41, 5.74) is 6.67. The molecule has 0 bridgehead atoms. The highest BCUT2D eigenvalue weighted by molar-refractivity contribution is 7.90. The standard InChI is InChI=1S/C13H20ClN3O2S/c1-10-5-3-4-8-17(10)20(18,19)16(2)13-9-11(14)6-7-12(13)15/h6-7,9-10H,3-5,8,15H2,1-2H3. The van der Waals surface area contributed by atoms with Crippen LogP contribution in [0.2, 0.25) is 5.02 Å². The van der Waals surface area contributed by atoms with E-state index in [0.717, 1.165) is 19.3 Å². The topological polar surface area (TPSA) is 66.6 Å². The summed E-state index contributed by atoms with van der Waals surface area (Å²) in [5.74, 6) is 0.